The van der Waals surface area contributed by atoms with Crippen LogP contribution in [0.4, 0.5) is 4.79 Å². The van der Waals surface area contributed by atoms with Gasteiger partial charge >= 0.3 is 6.03 Å². The van der Waals surface area contributed by atoms with Gasteiger partial charge in [-0.05, 0) is 38.3 Å². The van der Waals surface area contributed by atoms with Gasteiger partial charge in [0, 0.05) is 31.7 Å². The molecule has 0 bridgehead atoms. The highest BCUT2D eigenvalue weighted by Gasteiger charge is 2.49. The Morgan fingerprint density at radius 1 is 1.21 bits per heavy atom. The van der Waals surface area contributed by atoms with Crippen LogP contribution in [-0.2, 0) is 11.3 Å². The van der Waals surface area contributed by atoms with Crippen LogP contribution in [0.3, 0.4) is 0 Å². The first kappa shape index (κ1) is 15.4. The summed E-state index contributed by atoms with van der Waals surface area (Å²) < 4.78 is 0. The molecule has 3 saturated heterocycles. The van der Waals surface area contributed by atoms with Crippen LogP contribution in [0.1, 0.15) is 37.1 Å². The zero-order chi connectivity index (χ0) is 16.7. The molecular formula is C18H24N4O2. The van der Waals surface area contributed by atoms with E-state index in [1.807, 2.05) is 39.8 Å². The van der Waals surface area contributed by atoms with Crippen LogP contribution in [-0.4, -0.2) is 63.3 Å². The minimum Gasteiger partial charge on any atom is -0.332 e. The van der Waals surface area contributed by atoms with Crippen molar-refractivity contribution in [1.82, 2.24) is 19.7 Å². The number of aromatic nitrogens is 1. The molecule has 1 aromatic rings. The molecule has 4 rings (SSSR count). The van der Waals surface area contributed by atoms with Gasteiger partial charge in [-0.1, -0.05) is 6.07 Å². The average Bonchev–Trinajstić information content (AvgIpc) is 3.26. The third-order valence-electron chi connectivity index (χ3n) is 5.52. The first-order valence-electron chi connectivity index (χ1n) is 8.91. The average molecular weight is 328 g/mol. The molecule has 1 aromatic heterocycles. The number of hydrogen-bond donors (Lipinski definition) is 0. The zero-order valence-electron chi connectivity index (χ0n) is 14.1. The van der Waals surface area contributed by atoms with Crippen molar-refractivity contribution in [1.29, 1.82) is 0 Å². The second-order valence-electron chi connectivity index (χ2n) is 7.09. The van der Waals surface area contributed by atoms with E-state index in [0.717, 1.165) is 50.3 Å². The third kappa shape index (κ3) is 2.64. The monoisotopic (exact) mass is 328 g/mol. The molecule has 0 N–H and O–H groups in total. The van der Waals surface area contributed by atoms with Gasteiger partial charge in [0.15, 0.2) is 0 Å². The first-order valence-corrected chi connectivity index (χ1v) is 8.91. The van der Waals surface area contributed by atoms with Crippen molar-refractivity contribution in [2.75, 3.05) is 19.6 Å². The predicted octanol–water partition coefficient (Wildman–Crippen LogP) is 1.78. The Morgan fingerprint density at radius 2 is 2.00 bits per heavy atom. The van der Waals surface area contributed by atoms with E-state index in [0.29, 0.717) is 13.0 Å². The Morgan fingerprint density at radius 3 is 2.75 bits per heavy atom. The molecule has 6 nitrogen and oxygen atoms in total. The van der Waals surface area contributed by atoms with Gasteiger partial charge in [-0.15, -0.1) is 0 Å². The number of nitrogens with zero attached hydrogens (tertiary/aromatic N) is 4. The van der Waals surface area contributed by atoms with Crippen LogP contribution in [0.25, 0.3) is 0 Å². The molecule has 3 fully saturated rings. The van der Waals surface area contributed by atoms with Crippen molar-refractivity contribution in [3.63, 3.8) is 0 Å². The Balaban J connectivity index is 1.48. The Kier molecular flexibility index (Phi) is 3.90. The summed E-state index contributed by atoms with van der Waals surface area (Å²) >= 11 is 0. The molecule has 0 spiro atoms. The van der Waals surface area contributed by atoms with E-state index < -0.39 is 0 Å². The number of amides is 3. The highest BCUT2D eigenvalue weighted by molar-refractivity contribution is 5.83. The Bertz CT molecular complexity index is 656. The highest BCUT2D eigenvalue weighted by Crippen LogP contribution is 2.34. The molecule has 0 unspecified atom stereocenters. The van der Waals surface area contributed by atoms with E-state index in [1.165, 1.54) is 0 Å². The van der Waals surface area contributed by atoms with Gasteiger partial charge in [0.25, 0.3) is 0 Å². The minimum absolute atomic E-state index is 0.0374. The molecule has 24 heavy (non-hydrogen) atoms. The van der Waals surface area contributed by atoms with Crippen LogP contribution in [0.5, 0.6) is 0 Å². The van der Waals surface area contributed by atoms with Crippen molar-refractivity contribution in [2.24, 2.45) is 0 Å². The second-order valence-corrected chi connectivity index (χ2v) is 7.09. The normalized spacial score (nSPS) is 26.4. The topological polar surface area (TPSA) is 56.8 Å². The Hall–Kier alpha value is -2.11. The number of urea groups is 1. The maximum atomic E-state index is 12.7. The van der Waals surface area contributed by atoms with Crippen LogP contribution < -0.4 is 0 Å². The van der Waals surface area contributed by atoms with Crippen LogP contribution >= 0.6 is 0 Å². The van der Waals surface area contributed by atoms with E-state index in [1.54, 1.807) is 0 Å². The smallest absolute Gasteiger partial charge is 0.320 e. The van der Waals surface area contributed by atoms with Crippen molar-refractivity contribution in [3.8, 4) is 0 Å². The number of hydrogen-bond acceptors (Lipinski definition) is 3. The molecule has 3 amide bonds. The molecule has 4 heterocycles. The molecule has 128 valence electrons. The lowest BCUT2D eigenvalue weighted by molar-refractivity contribution is -0.129. The fraction of sp³-hybridized carbons (Fsp3) is 0.611. The largest absolute Gasteiger partial charge is 0.332 e. The van der Waals surface area contributed by atoms with Crippen molar-refractivity contribution in [3.05, 3.63) is 29.6 Å². The maximum absolute atomic E-state index is 12.7. The third-order valence-corrected chi connectivity index (χ3v) is 5.52. The van der Waals surface area contributed by atoms with Gasteiger partial charge in [0.1, 0.15) is 0 Å². The van der Waals surface area contributed by atoms with Gasteiger partial charge in [0.2, 0.25) is 5.91 Å². The summed E-state index contributed by atoms with van der Waals surface area (Å²) in [5.74, 6) is 0.146. The molecule has 0 radical (unpaired) electrons. The summed E-state index contributed by atoms with van der Waals surface area (Å²) in [5.41, 5.74) is 1.89. The van der Waals surface area contributed by atoms with Gasteiger partial charge < -0.3 is 14.7 Å². The van der Waals surface area contributed by atoms with Crippen molar-refractivity contribution in [2.45, 2.75) is 51.2 Å². The van der Waals surface area contributed by atoms with E-state index in [2.05, 4.69) is 4.98 Å². The van der Waals surface area contributed by atoms with Gasteiger partial charge in [-0.25, -0.2) is 4.79 Å². The Labute approximate surface area is 142 Å². The summed E-state index contributed by atoms with van der Waals surface area (Å²) in [6.07, 6.45) is 3.52. The lowest BCUT2D eigenvalue weighted by Gasteiger charge is -2.28. The van der Waals surface area contributed by atoms with Crippen LogP contribution in [0.15, 0.2) is 18.2 Å². The maximum Gasteiger partial charge on any atom is 0.320 e. The van der Waals surface area contributed by atoms with E-state index >= 15 is 0 Å². The molecule has 0 aromatic carbocycles. The lowest BCUT2D eigenvalue weighted by atomic mass is 10.1. The summed E-state index contributed by atoms with van der Waals surface area (Å²) in [6.45, 7) is 4.99. The molecule has 3 aliphatic heterocycles. The number of rotatable bonds is 2. The number of carbonyl (C=O) groups excluding carboxylic acids is 2. The van der Waals surface area contributed by atoms with Gasteiger partial charge in [0.05, 0.1) is 24.3 Å². The van der Waals surface area contributed by atoms with E-state index in [-0.39, 0.29) is 24.0 Å². The number of likely N-dealkylation sites (tertiary alicyclic amines) is 3. The lowest BCUT2D eigenvalue weighted by Crippen LogP contribution is -2.46. The molecule has 0 aliphatic carbocycles. The highest BCUT2D eigenvalue weighted by atomic mass is 16.2. The summed E-state index contributed by atoms with van der Waals surface area (Å²) in [6, 6.07) is 6.22. The van der Waals surface area contributed by atoms with Crippen LogP contribution in [0.2, 0.25) is 0 Å². The summed E-state index contributed by atoms with van der Waals surface area (Å²) in [4.78, 5) is 35.6. The predicted molar refractivity (Wildman–Crippen MR) is 89.2 cm³/mol. The van der Waals surface area contributed by atoms with E-state index in [4.69, 9.17) is 0 Å². The summed E-state index contributed by atoms with van der Waals surface area (Å²) in [5, 5.41) is 0. The van der Waals surface area contributed by atoms with Crippen molar-refractivity contribution < 1.29 is 9.59 Å². The molecular weight excluding hydrogens is 304 g/mol. The molecule has 6 heteroatoms. The number of fused-ring (bicyclic) bond motifs is 1. The van der Waals surface area contributed by atoms with Gasteiger partial charge in [-0.3, -0.25) is 9.78 Å². The van der Waals surface area contributed by atoms with Gasteiger partial charge in [-0.2, -0.15) is 0 Å². The number of pyridine rings is 1. The summed E-state index contributed by atoms with van der Waals surface area (Å²) in [7, 11) is 0. The van der Waals surface area contributed by atoms with Crippen LogP contribution in [0, 0.1) is 6.92 Å². The fourth-order valence-electron chi connectivity index (χ4n) is 4.32. The quantitative estimate of drug-likeness (QED) is 0.831. The molecule has 2 atom stereocenters. The fourth-order valence-corrected chi connectivity index (χ4v) is 4.32. The van der Waals surface area contributed by atoms with E-state index in [9.17, 15) is 9.59 Å². The molecule has 3 aliphatic rings. The number of aryl methyl sites for hydroxylation is 1. The molecule has 0 saturated carbocycles. The first-order chi connectivity index (χ1) is 11.6. The standard InChI is InChI=1S/C18H24N4O2/c1-13-5-4-6-14(19-13)12-22-15-7-10-21(16(15)11-17(22)23)18(24)20-8-2-3-9-20/h4-6,15-16H,2-3,7-12H2,1H3/t15-,16-/m1/s1. The zero-order valence-corrected chi connectivity index (χ0v) is 14.1. The number of carbonyl (C=O) groups is 2. The minimum atomic E-state index is 0.0374. The van der Waals surface area contributed by atoms with Crippen molar-refractivity contribution >= 4 is 11.9 Å². The second kappa shape index (κ2) is 6.07. The SMILES string of the molecule is Cc1cccc(CN2C(=O)C[C@@H]3[C@H]2CCN3C(=O)N2CCCC2)n1.